The molecule has 0 atom stereocenters. The molecule has 0 saturated heterocycles. The largest absolute Gasteiger partial charge is 0.338 e. The Morgan fingerprint density at radius 1 is 0.615 bits per heavy atom. The van der Waals surface area contributed by atoms with Crippen molar-refractivity contribution in [3.8, 4) is 0 Å². The van der Waals surface area contributed by atoms with E-state index >= 15 is 0 Å². The van der Waals surface area contributed by atoms with Crippen molar-refractivity contribution in [2.24, 2.45) is 0 Å². The topological polar surface area (TPSA) is 13.0 Å². The molecule has 130 valence electrons. The van der Waals surface area contributed by atoms with Crippen LogP contribution in [0.25, 0.3) is 0 Å². The van der Waals surface area contributed by atoms with E-state index in [1.807, 2.05) is 12.2 Å². The minimum absolute atomic E-state index is 0.755. The Morgan fingerprint density at radius 3 is 1.31 bits per heavy atom. The zero-order valence-corrected chi connectivity index (χ0v) is 14.8. The third kappa shape index (κ3) is 2.92. The van der Waals surface area contributed by atoms with E-state index in [2.05, 4.69) is 94.6 Å². The molecule has 0 unspecified atom stereocenters. The molecule has 0 N–H and O–H groups in total. The lowest BCUT2D eigenvalue weighted by Crippen LogP contribution is -2.34. The number of benzene rings is 2. The van der Waals surface area contributed by atoms with Crippen molar-refractivity contribution in [2.75, 3.05) is 45.8 Å². The standard InChI is InChI=1S/C22H22N4/c1-3-13-23-17-25(21-11-7-5-9-19(21)23)15-16-26-18-24(14-4-2)20-10-6-8-12-22(20)26/h3-12H,1-2,13-16H2. The predicted molar refractivity (Wildman–Crippen MR) is 109 cm³/mol. The van der Waals surface area contributed by atoms with Gasteiger partial charge >= 0.3 is 0 Å². The number of hydrogen-bond acceptors (Lipinski definition) is 4. The molecule has 26 heavy (non-hydrogen) atoms. The minimum Gasteiger partial charge on any atom is -0.338 e. The highest BCUT2D eigenvalue weighted by molar-refractivity contribution is 5.80. The highest BCUT2D eigenvalue weighted by Gasteiger charge is 2.30. The van der Waals surface area contributed by atoms with Crippen LogP contribution in [0.1, 0.15) is 0 Å². The number of anilines is 4. The van der Waals surface area contributed by atoms with Crippen LogP contribution >= 0.6 is 0 Å². The van der Waals surface area contributed by atoms with E-state index in [1.54, 1.807) is 0 Å². The monoisotopic (exact) mass is 342 g/mol. The minimum atomic E-state index is 0.755. The van der Waals surface area contributed by atoms with Gasteiger partial charge in [0.05, 0.1) is 22.7 Å². The van der Waals surface area contributed by atoms with Crippen molar-refractivity contribution in [1.29, 1.82) is 0 Å². The summed E-state index contributed by atoms with van der Waals surface area (Å²) in [6.07, 6.45) is 3.80. The Morgan fingerprint density at radius 2 is 0.962 bits per heavy atom. The van der Waals surface area contributed by atoms with Gasteiger partial charge in [-0.05, 0) is 24.3 Å². The second kappa shape index (κ2) is 7.16. The highest BCUT2D eigenvalue weighted by atomic mass is 15.4. The van der Waals surface area contributed by atoms with Crippen molar-refractivity contribution in [1.82, 2.24) is 0 Å². The lowest BCUT2D eigenvalue weighted by molar-refractivity contribution is 0.814. The SMILES string of the molecule is C=CCN1[C]N(CCN2[C]N(CC=C)c3ccccc32)c2ccccc21. The maximum absolute atomic E-state index is 3.85. The maximum atomic E-state index is 3.85. The molecule has 0 fully saturated rings. The molecular formula is C22H22N4. The van der Waals surface area contributed by atoms with Crippen LogP contribution in [0.2, 0.25) is 0 Å². The molecule has 0 aliphatic carbocycles. The fourth-order valence-electron chi connectivity index (χ4n) is 3.43. The van der Waals surface area contributed by atoms with Crippen molar-refractivity contribution in [3.05, 3.63) is 87.2 Å². The Hall–Kier alpha value is -2.88. The number of rotatable bonds is 7. The zero-order valence-electron chi connectivity index (χ0n) is 14.8. The van der Waals surface area contributed by atoms with Gasteiger partial charge in [0.1, 0.15) is 0 Å². The van der Waals surface area contributed by atoms with Crippen LogP contribution in [0.4, 0.5) is 22.7 Å². The van der Waals surface area contributed by atoms with Gasteiger partial charge in [-0.25, -0.2) is 0 Å². The summed E-state index contributed by atoms with van der Waals surface area (Å²) in [5.41, 5.74) is 4.72. The van der Waals surface area contributed by atoms with Gasteiger partial charge in [-0.15, -0.1) is 13.2 Å². The maximum Gasteiger partial charge on any atom is 0.209 e. The summed E-state index contributed by atoms with van der Waals surface area (Å²) in [7, 11) is 0. The van der Waals surface area contributed by atoms with E-state index in [1.165, 1.54) is 22.7 Å². The van der Waals surface area contributed by atoms with Gasteiger partial charge in [0.15, 0.2) is 0 Å². The van der Waals surface area contributed by atoms with E-state index in [0.29, 0.717) is 0 Å². The smallest absolute Gasteiger partial charge is 0.209 e. The lowest BCUT2D eigenvalue weighted by Gasteiger charge is -2.23. The van der Waals surface area contributed by atoms with Crippen LogP contribution in [-0.4, -0.2) is 26.2 Å². The first kappa shape index (κ1) is 16.6. The first-order valence-corrected chi connectivity index (χ1v) is 8.84. The van der Waals surface area contributed by atoms with Gasteiger partial charge in [-0.2, -0.15) is 0 Å². The Kier molecular flexibility index (Phi) is 4.57. The average molecular weight is 342 g/mol. The third-order valence-electron chi connectivity index (χ3n) is 4.58. The van der Waals surface area contributed by atoms with Gasteiger partial charge in [-0.3, -0.25) is 0 Å². The normalized spacial score (nSPS) is 15.2. The van der Waals surface area contributed by atoms with Crippen LogP contribution in [-0.2, 0) is 0 Å². The Bertz CT molecular complexity index is 733. The highest BCUT2D eigenvalue weighted by Crippen LogP contribution is 2.39. The number of fused-ring (bicyclic) bond motifs is 2. The second-order valence-electron chi connectivity index (χ2n) is 6.28. The summed E-state index contributed by atoms with van der Waals surface area (Å²) in [4.78, 5) is 8.58. The first-order valence-electron chi connectivity index (χ1n) is 8.84. The summed E-state index contributed by atoms with van der Waals surface area (Å²) >= 11 is 0. The molecule has 2 aromatic carbocycles. The van der Waals surface area contributed by atoms with Gasteiger partial charge in [0.2, 0.25) is 13.3 Å². The summed E-state index contributed by atoms with van der Waals surface area (Å²) in [5, 5.41) is 0. The number of hydrogen-bond donors (Lipinski definition) is 0. The number of nitrogens with zero attached hydrogens (tertiary/aromatic N) is 4. The molecule has 4 rings (SSSR count). The van der Waals surface area contributed by atoms with E-state index < -0.39 is 0 Å². The van der Waals surface area contributed by atoms with Gasteiger partial charge in [0.25, 0.3) is 0 Å². The summed E-state index contributed by atoms with van der Waals surface area (Å²) in [6.45, 7) is 17.8. The van der Waals surface area contributed by atoms with Crippen molar-refractivity contribution in [2.45, 2.75) is 0 Å². The van der Waals surface area contributed by atoms with E-state index in [9.17, 15) is 0 Å². The van der Waals surface area contributed by atoms with Crippen LogP contribution in [0.3, 0.4) is 0 Å². The number of para-hydroxylation sites is 4. The van der Waals surface area contributed by atoms with Crippen molar-refractivity contribution in [3.63, 3.8) is 0 Å². The fourth-order valence-corrected chi connectivity index (χ4v) is 3.43. The van der Waals surface area contributed by atoms with Gasteiger partial charge < -0.3 is 19.6 Å². The summed E-state index contributed by atoms with van der Waals surface area (Å²) in [5.74, 6) is 0. The fraction of sp³-hybridized carbons (Fsp3) is 0.182. The average Bonchev–Trinajstić information content (AvgIpc) is 3.20. The van der Waals surface area contributed by atoms with Crippen LogP contribution in [0, 0.1) is 13.3 Å². The van der Waals surface area contributed by atoms with Crippen LogP contribution in [0.15, 0.2) is 73.8 Å². The van der Waals surface area contributed by atoms with Gasteiger partial charge in [0, 0.05) is 26.2 Å². The van der Waals surface area contributed by atoms with E-state index in [4.69, 9.17) is 0 Å². The Balaban J connectivity index is 1.48. The van der Waals surface area contributed by atoms with E-state index in [0.717, 1.165) is 26.2 Å². The van der Waals surface area contributed by atoms with Gasteiger partial charge in [-0.1, -0.05) is 36.4 Å². The van der Waals surface area contributed by atoms with Crippen molar-refractivity contribution < 1.29 is 0 Å². The molecule has 4 nitrogen and oxygen atoms in total. The molecule has 4 radical (unpaired) electrons. The molecule has 2 aliphatic heterocycles. The molecule has 0 saturated carbocycles. The Labute approximate surface area is 156 Å². The van der Waals surface area contributed by atoms with Crippen molar-refractivity contribution >= 4 is 22.7 Å². The molecule has 2 heterocycles. The first-order chi connectivity index (χ1) is 12.8. The second-order valence-corrected chi connectivity index (χ2v) is 6.28. The molecule has 4 heteroatoms. The molecule has 0 amide bonds. The molecular weight excluding hydrogens is 320 g/mol. The predicted octanol–water partition coefficient (Wildman–Crippen LogP) is 4.00. The van der Waals surface area contributed by atoms with Crippen LogP contribution < -0.4 is 19.6 Å². The summed E-state index contributed by atoms with van der Waals surface area (Å²) in [6, 6.07) is 16.8. The van der Waals surface area contributed by atoms with Crippen LogP contribution in [0.5, 0.6) is 0 Å². The quantitative estimate of drug-likeness (QED) is 0.705. The lowest BCUT2D eigenvalue weighted by atomic mass is 10.2. The third-order valence-corrected chi connectivity index (χ3v) is 4.58. The zero-order chi connectivity index (χ0) is 17.9. The summed E-state index contributed by atoms with van der Waals surface area (Å²) < 4.78 is 0. The molecule has 0 bridgehead atoms. The molecule has 2 aliphatic rings. The molecule has 0 spiro atoms. The molecule has 0 aromatic heterocycles. The van der Waals surface area contributed by atoms with E-state index in [-0.39, 0.29) is 0 Å². The molecule has 2 aromatic rings.